The minimum atomic E-state index is 0.312. The van der Waals surface area contributed by atoms with Gasteiger partial charge in [-0.15, -0.1) is 5.10 Å². The van der Waals surface area contributed by atoms with Gasteiger partial charge in [0.1, 0.15) is 6.07 Å². The smallest absolute Gasteiger partial charge is 0.231 e. The summed E-state index contributed by atoms with van der Waals surface area (Å²) in [7, 11) is 0. The van der Waals surface area contributed by atoms with Gasteiger partial charge in [0.2, 0.25) is 5.82 Å². The summed E-state index contributed by atoms with van der Waals surface area (Å²) in [5.41, 5.74) is 3.03. The molecule has 22 heavy (non-hydrogen) atoms. The highest BCUT2D eigenvalue weighted by molar-refractivity contribution is 5.54. The maximum atomic E-state index is 9.25. The second-order valence-corrected chi connectivity index (χ2v) is 4.84. The van der Waals surface area contributed by atoms with E-state index in [0.717, 1.165) is 16.7 Å². The Morgan fingerprint density at radius 3 is 2.45 bits per heavy atom. The van der Waals surface area contributed by atoms with Gasteiger partial charge in [0, 0.05) is 5.56 Å². The molecule has 0 saturated carbocycles. The molecule has 0 fully saturated rings. The van der Waals surface area contributed by atoms with Gasteiger partial charge < -0.3 is 0 Å². The van der Waals surface area contributed by atoms with E-state index in [4.69, 9.17) is 0 Å². The molecule has 3 rings (SSSR count). The van der Waals surface area contributed by atoms with Gasteiger partial charge in [-0.1, -0.05) is 67.3 Å². The maximum absolute atomic E-state index is 9.25. The number of hydrogen-bond acceptors (Lipinski definition) is 3. The lowest BCUT2D eigenvalue weighted by atomic mass is 10.1. The fourth-order valence-corrected chi connectivity index (χ4v) is 2.18. The van der Waals surface area contributed by atoms with E-state index in [9.17, 15) is 5.26 Å². The SMILES string of the molecule is C=Cc1ccc(Cn2nc(-c3ccccc3)nc2C#N)cc1. The number of aromatic nitrogens is 3. The Kier molecular flexibility index (Phi) is 3.80. The number of benzene rings is 2. The van der Waals surface area contributed by atoms with Crippen molar-refractivity contribution in [3.05, 3.63) is 78.1 Å². The van der Waals surface area contributed by atoms with Gasteiger partial charge in [0.25, 0.3) is 0 Å². The van der Waals surface area contributed by atoms with Crippen molar-refractivity contribution < 1.29 is 0 Å². The third kappa shape index (κ3) is 2.79. The van der Waals surface area contributed by atoms with Crippen molar-refractivity contribution in [1.82, 2.24) is 14.8 Å². The van der Waals surface area contributed by atoms with Crippen LogP contribution in [0.5, 0.6) is 0 Å². The molecule has 4 nitrogen and oxygen atoms in total. The molecule has 1 heterocycles. The van der Waals surface area contributed by atoms with Crippen LogP contribution in [0.25, 0.3) is 17.5 Å². The van der Waals surface area contributed by atoms with Crippen LogP contribution in [-0.4, -0.2) is 14.8 Å². The summed E-state index contributed by atoms with van der Waals surface area (Å²) in [6.07, 6.45) is 1.80. The molecule has 0 aliphatic heterocycles. The zero-order valence-electron chi connectivity index (χ0n) is 12.0. The van der Waals surface area contributed by atoms with E-state index in [1.807, 2.05) is 54.6 Å². The van der Waals surface area contributed by atoms with E-state index in [0.29, 0.717) is 18.2 Å². The summed E-state index contributed by atoms with van der Waals surface area (Å²) in [5.74, 6) is 0.881. The molecule has 0 aliphatic rings. The minimum absolute atomic E-state index is 0.312. The summed E-state index contributed by atoms with van der Waals surface area (Å²) < 4.78 is 1.63. The fraction of sp³-hybridized carbons (Fsp3) is 0.0556. The molecule has 3 aromatic rings. The normalized spacial score (nSPS) is 10.1. The summed E-state index contributed by atoms with van der Waals surface area (Å²) in [6.45, 7) is 4.25. The number of nitriles is 1. The van der Waals surface area contributed by atoms with Gasteiger partial charge in [0.05, 0.1) is 6.54 Å². The van der Waals surface area contributed by atoms with Crippen LogP contribution in [0.3, 0.4) is 0 Å². The number of rotatable bonds is 4. The first-order valence-electron chi connectivity index (χ1n) is 6.92. The van der Waals surface area contributed by atoms with E-state index >= 15 is 0 Å². The fourth-order valence-electron chi connectivity index (χ4n) is 2.18. The molecule has 106 valence electrons. The van der Waals surface area contributed by atoms with Crippen LogP contribution < -0.4 is 0 Å². The second kappa shape index (κ2) is 6.06. The molecule has 2 aromatic carbocycles. The topological polar surface area (TPSA) is 54.5 Å². The molecule has 0 spiro atoms. The summed E-state index contributed by atoms with van der Waals surface area (Å²) in [5, 5.41) is 13.7. The zero-order chi connectivity index (χ0) is 15.4. The van der Waals surface area contributed by atoms with Gasteiger partial charge in [-0.3, -0.25) is 0 Å². The summed E-state index contributed by atoms with van der Waals surface area (Å²) in [6, 6.07) is 19.7. The van der Waals surface area contributed by atoms with Crippen LogP contribution in [-0.2, 0) is 6.54 Å². The molecule has 0 radical (unpaired) electrons. The first kappa shape index (κ1) is 13.8. The first-order chi connectivity index (χ1) is 10.8. The average Bonchev–Trinajstić information content (AvgIpc) is 2.99. The van der Waals surface area contributed by atoms with E-state index in [1.165, 1.54) is 0 Å². The van der Waals surface area contributed by atoms with Crippen molar-refractivity contribution in [2.24, 2.45) is 0 Å². The Hall–Kier alpha value is -3.19. The monoisotopic (exact) mass is 286 g/mol. The van der Waals surface area contributed by atoms with E-state index in [2.05, 4.69) is 22.7 Å². The maximum Gasteiger partial charge on any atom is 0.231 e. The van der Waals surface area contributed by atoms with Crippen LogP contribution in [0.15, 0.2) is 61.2 Å². The molecule has 4 heteroatoms. The number of hydrogen-bond donors (Lipinski definition) is 0. The van der Waals surface area contributed by atoms with Gasteiger partial charge in [-0.05, 0) is 11.1 Å². The van der Waals surface area contributed by atoms with Crippen LogP contribution in [0, 0.1) is 11.3 Å². The Morgan fingerprint density at radius 2 is 1.82 bits per heavy atom. The number of nitrogens with zero attached hydrogens (tertiary/aromatic N) is 4. The lowest BCUT2D eigenvalue weighted by molar-refractivity contribution is 0.676. The average molecular weight is 286 g/mol. The molecule has 0 atom stereocenters. The van der Waals surface area contributed by atoms with Gasteiger partial charge in [-0.25, -0.2) is 4.68 Å². The Morgan fingerprint density at radius 1 is 1.09 bits per heavy atom. The highest BCUT2D eigenvalue weighted by Crippen LogP contribution is 2.16. The van der Waals surface area contributed by atoms with E-state index in [1.54, 1.807) is 10.8 Å². The zero-order valence-corrected chi connectivity index (χ0v) is 12.0. The van der Waals surface area contributed by atoms with Gasteiger partial charge in [-0.2, -0.15) is 10.2 Å². The molecule has 0 bridgehead atoms. The predicted molar refractivity (Wildman–Crippen MR) is 85.8 cm³/mol. The van der Waals surface area contributed by atoms with Crippen molar-refractivity contribution in [1.29, 1.82) is 5.26 Å². The Balaban J connectivity index is 1.91. The van der Waals surface area contributed by atoms with Crippen molar-refractivity contribution in [3.63, 3.8) is 0 Å². The standard InChI is InChI=1S/C18H14N4/c1-2-14-8-10-15(11-9-14)13-22-17(12-19)20-18(21-22)16-6-4-3-5-7-16/h2-11H,1,13H2. The minimum Gasteiger partial charge on any atom is -0.232 e. The summed E-state index contributed by atoms with van der Waals surface area (Å²) >= 11 is 0. The molecular weight excluding hydrogens is 272 g/mol. The Bertz CT molecular complexity index is 824. The lowest BCUT2D eigenvalue weighted by Crippen LogP contribution is -2.04. The molecule has 0 unspecified atom stereocenters. The highest BCUT2D eigenvalue weighted by Gasteiger charge is 2.11. The molecular formula is C18H14N4. The second-order valence-electron chi connectivity index (χ2n) is 4.84. The lowest BCUT2D eigenvalue weighted by Gasteiger charge is -2.03. The van der Waals surface area contributed by atoms with Crippen LogP contribution >= 0.6 is 0 Å². The van der Waals surface area contributed by atoms with Crippen molar-refractivity contribution >= 4 is 6.08 Å². The molecule has 0 N–H and O–H groups in total. The van der Waals surface area contributed by atoms with Crippen molar-refractivity contribution in [2.75, 3.05) is 0 Å². The van der Waals surface area contributed by atoms with Crippen LogP contribution in [0.1, 0.15) is 17.0 Å². The molecule has 0 saturated heterocycles. The summed E-state index contributed by atoms with van der Waals surface area (Å²) in [4.78, 5) is 4.30. The van der Waals surface area contributed by atoms with Crippen molar-refractivity contribution in [2.45, 2.75) is 6.54 Å². The van der Waals surface area contributed by atoms with Gasteiger partial charge >= 0.3 is 0 Å². The van der Waals surface area contributed by atoms with Crippen LogP contribution in [0.2, 0.25) is 0 Å². The highest BCUT2D eigenvalue weighted by atomic mass is 15.3. The van der Waals surface area contributed by atoms with Crippen molar-refractivity contribution in [3.8, 4) is 17.5 Å². The third-order valence-corrected chi connectivity index (χ3v) is 3.35. The Labute approximate surface area is 129 Å². The molecule has 1 aromatic heterocycles. The predicted octanol–water partition coefficient (Wildman–Crippen LogP) is 3.51. The third-order valence-electron chi connectivity index (χ3n) is 3.35. The van der Waals surface area contributed by atoms with E-state index < -0.39 is 0 Å². The van der Waals surface area contributed by atoms with Gasteiger partial charge in [0.15, 0.2) is 5.82 Å². The van der Waals surface area contributed by atoms with Crippen LogP contribution in [0.4, 0.5) is 0 Å². The molecule has 0 amide bonds. The first-order valence-corrected chi connectivity index (χ1v) is 6.92. The quantitative estimate of drug-likeness (QED) is 0.737. The van der Waals surface area contributed by atoms with E-state index in [-0.39, 0.29) is 0 Å². The largest absolute Gasteiger partial charge is 0.232 e. The molecule has 0 aliphatic carbocycles.